The lowest BCUT2D eigenvalue weighted by Crippen LogP contribution is -2.19. The highest BCUT2D eigenvalue weighted by Crippen LogP contribution is 2.31. The van der Waals surface area contributed by atoms with Crippen molar-refractivity contribution in [1.82, 2.24) is 14.5 Å². The summed E-state index contributed by atoms with van der Waals surface area (Å²) in [5.74, 6) is -1.96. The molecule has 0 radical (unpaired) electrons. The van der Waals surface area contributed by atoms with Gasteiger partial charge in [0, 0.05) is 47.0 Å². The number of carbonyl (C=O) groups is 1. The molecule has 0 amide bonds. The molecule has 0 aliphatic heterocycles. The van der Waals surface area contributed by atoms with E-state index in [0.29, 0.717) is 17.8 Å². The van der Waals surface area contributed by atoms with Crippen molar-refractivity contribution in [3.63, 3.8) is 0 Å². The summed E-state index contributed by atoms with van der Waals surface area (Å²) in [6.45, 7) is 2.25. The number of pyridine rings is 2. The van der Waals surface area contributed by atoms with E-state index in [9.17, 15) is 19.1 Å². The first-order valence-corrected chi connectivity index (χ1v) is 9.34. The van der Waals surface area contributed by atoms with Crippen LogP contribution >= 0.6 is 11.3 Å². The number of carboxylic acids is 1. The van der Waals surface area contributed by atoms with Crippen LogP contribution in [0.3, 0.4) is 0 Å². The highest BCUT2D eigenvalue weighted by Gasteiger charge is 2.18. The maximum Gasteiger partial charge on any atom is 0.341 e. The molecule has 0 aliphatic rings. The molecule has 3 heterocycles. The maximum atomic E-state index is 14.8. The first kappa shape index (κ1) is 18.0. The van der Waals surface area contributed by atoms with Crippen molar-refractivity contribution in [2.45, 2.75) is 13.5 Å². The van der Waals surface area contributed by atoms with Crippen molar-refractivity contribution in [3.05, 3.63) is 69.8 Å². The average molecular weight is 395 g/mol. The zero-order chi connectivity index (χ0) is 19.8. The second kappa shape index (κ2) is 6.97. The van der Waals surface area contributed by atoms with Crippen LogP contribution in [0, 0.1) is 5.82 Å². The van der Waals surface area contributed by atoms with Gasteiger partial charge in [-0.3, -0.25) is 9.78 Å². The molecule has 0 spiro atoms. The van der Waals surface area contributed by atoms with Gasteiger partial charge in [-0.2, -0.15) is 0 Å². The fourth-order valence-corrected chi connectivity index (χ4v) is 3.87. The van der Waals surface area contributed by atoms with Crippen molar-refractivity contribution >= 4 is 28.2 Å². The van der Waals surface area contributed by atoms with Gasteiger partial charge in [-0.15, -0.1) is 11.3 Å². The highest BCUT2D eigenvalue weighted by molar-refractivity contribution is 7.13. The molecule has 3 aromatic heterocycles. The minimum Gasteiger partial charge on any atom is -0.477 e. The van der Waals surface area contributed by atoms with Crippen molar-refractivity contribution < 1.29 is 14.3 Å². The number of hydrogen-bond acceptors (Lipinski definition) is 5. The molecule has 0 unspecified atom stereocenters. The molecule has 4 rings (SSSR count). The molecule has 0 saturated heterocycles. The fourth-order valence-electron chi connectivity index (χ4n) is 3.05. The van der Waals surface area contributed by atoms with E-state index in [0.717, 1.165) is 16.6 Å². The zero-order valence-corrected chi connectivity index (χ0v) is 15.5. The summed E-state index contributed by atoms with van der Waals surface area (Å²) >= 11 is 1.38. The molecule has 8 heteroatoms. The molecule has 1 aromatic carbocycles. The fraction of sp³-hybridized carbons (Fsp3) is 0.100. The molecule has 0 atom stereocenters. The van der Waals surface area contributed by atoms with Crippen LogP contribution in [0.2, 0.25) is 0 Å². The quantitative estimate of drug-likeness (QED) is 0.564. The van der Waals surface area contributed by atoms with Crippen LogP contribution in [0.15, 0.2) is 53.0 Å². The summed E-state index contributed by atoms with van der Waals surface area (Å²) in [5.41, 5.74) is 0.974. The molecule has 0 saturated carbocycles. The Bertz CT molecular complexity index is 1270. The zero-order valence-electron chi connectivity index (χ0n) is 14.7. The van der Waals surface area contributed by atoms with E-state index in [1.165, 1.54) is 17.5 Å². The van der Waals surface area contributed by atoms with Gasteiger partial charge in [0.2, 0.25) is 5.43 Å². The molecule has 140 valence electrons. The Balaban J connectivity index is 1.91. The monoisotopic (exact) mass is 395 g/mol. The number of halogens is 1. The van der Waals surface area contributed by atoms with Crippen LogP contribution in [-0.2, 0) is 6.54 Å². The Morgan fingerprint density at radius 2 is 2.04 bits per heavy atom. The van der Waals surface area contributed by atoms with E-state index in [4.69, 9.17) is 0 Å². The lowest BCUT2D eigenvalue weighted by molar-refractivity contribution is 0.0695. The van der Waals surface area contributed by atoms with Crippen molar-refractivity contribution in [2.75, 3.05) is 0 Å². The Kier molecular flexibility index (Phi) is 4.48. The second-order valence-electron chi connectivity index (χ2n) is 6.09. The molecule has 6 nitrogen and oxygen atoms in total. The second-order valence-corrected chi connectivity index (χ2v) is 6.94. The van der Waals surface area contributed by atoms with E-state index in [1.54, 1.807) is 28.4 Å². The summed E-state index contributed by atoms with van der Waals surface area (Å²) in [6.07, 6.45) is 4.61. The Labute approximate surface area is 162 Å². The standard InChI is InChI=1S/C20H14FN3O3S/c1-2-24-9-14(20(26)27)18(25)13-7-15(21)12(8-17(13)24)16-10-28-19(23-16)11-3-5-22-6-4-11/h3-10H,2H2,1H3,(H,26,27). The number of carboxylic acid groups (broad SMARTS) is 1. The van der Waals surface area contributed by atoms with Crippen molar-refractivity contribution in [2.24, 2.45) is 0 Å². The Morgan fingerprint density at radius 1 is 1.29 bits per heavy atom. The van der Waals surface area contributed by atoms with Crippen molar-refractivity contribution in [1.29, 1.82) is 0 Å². The molecule has 0 bridgehead atoms. The third-order valence-electron chi connectivity index (χ3n) is 4.45. The number of aromatic carboxylic acids is 1. The summed E-state index contributed by atoms with van der Waals surface area (Å²) < 4.78 is 16.4. The number of benzene rings is 1. The minimum absolute atomic E-state index is 0.0348. The lowest BCUT2D eigenvalue weighted by atomic mass is 10.1. The summed E-state index contributed by atoms with van der Waals surface area (Å²) in [7, 11) is 0. The summed E-state index contributed by atoms with van der Waals surface area (Å²) in [5, 5.41) is 11.8. The van der Waals surface area contributed by atoms with E-state index in [2.05, 4.69) is 9.97 Å². The first-order valence-electron chi connectivity index (χ1n) is 8.46. The molecule has 0 aliphatic carbocycles. The molecule has 0 fully saturated rings. The van der Waals surface area contributed by atoms with Gasteiger partial charge in [-0.05, 0) is 31.2 Å². The van der Waals surface area contributed by atoms with Crippen LogP contribution in [0.5, 0.6) is 0 Å². The Morgan fingerprint density at radius 3 is 2.71 bits per heavy atom. The molecular formula is C20H14FN3O3S. The SMILES string of the molecule is CCn1cc(C(=O)O)c(=O)c2cc(F)c(-c3csc(-c4ccncc4)n3)cc21. The van der Waals surface area contributed by atoms with Gasteiger partial charge in [0.25, 0.3) is 0 Å². The average Bonchev–Trinajstić information content (AvgIpc) is 3.18. The number of rotatable bonds is 4. The predicted octanol–water partition coefficient (Wildman–Crippen LogP) is 4.04. The molecular weight excluding hydrogens is 381 g/mol. The highest BCUT2D eigenvalue weighted by atomic mass is 32.1. The van der Waals surface area contributed by atoms with Crippen molar-refractivity contribution in [3.8, 4) is 21.8 Å². The number of hydrogen-bond donors (Lipinski definition) is 1. The third kappa shape index (κ3) is 2.97. The van der Waals surface area contributed by atoms with Gasteiger partial charge in [0.15, 0.2) is 0 Å². The number of aryl methyl sites for hydroxylation is 1. The number of nitrogens with zero attached hydrogens (tertiary/aromatic N) is 3. The van der Waals surface area contributed by atoms with Crippen LogP contribution in [0.4, 0.5) is 4.39 Å². The summed E-state index contributed by atoms with van der Waals surface area (Å²) in [4.78, 5) is 32.3. The molecule has 1 N–H and O–H groups in total. The maximum absolute atomic E-state index is 14.8. The molecule has 4 aromatic rings. The van der Waals surface area contributed by atoms with Gasteiger partial charge in [-0.1, -0.05) is 0 Å². The summed E-state index contributed by atoms with van der Waals surface area (Å²) in [6, 6.07) is 6.28. The van der Waals surface area contributed by atoms with E-state index in [-0.39, 0.29) is 16.5 Å². The van der Waals surface area contributed by atoms with Gasteiger partial charge < -0.3 is 9.67 Å². The molecule has 28 heavy (non-hydrogen) atoms. The van der Waals surface area contributed by atoms with Crippen LogP contribution in [0.25, 0.3) is 32.7 Å². The topological polar surface area (TPSA) is 85.1 Å². The Hall–Kier alpha value is -3.39. The van der Waals surface area contributed by atoms with E-state index < -0.39 is 17.2 Å². The van der Waals surface area contributed by atoms with E-state index in [1.807, 2.05) is 19.1 Å². The van der Waals surface area contributed by atoms with Gasteiger partial charge in [0.1, 0.15) is 16.4 Å². The van der Waals surface area contributed by atoms with E-state index >= 15 is 0 Å². The van der Waals surface area contributed by atoms with Crippen LogP contribution < -0.4 is 5.43 Å². The smallest absolute Gasteiger partial charge is 0.341 e. The largest absolute Gasteiger partial charge is 0.477 e. The minimum atomic E-state index is -1.33. The van der Waals surface area contributed by atoms with Crippen LogP contribution in [0.1, 0.15) is 17.3 Å². The lowest BCUT2D eigenvalue weighted by Gasteiger charge is -2.12. The predicted molar refractivity (Wildman–Crippen MR) is 105 cm³/mol. The van der Waals surface area contributed by atoms with Gasteiger partial charge in [0.05, 0.1) is 11.2 Å². The third-order valence-corrected chi connectivity index (χ3v) is 5.34. The normalized spacial score (nSPS) is 11.1. The number of fused-ring (bicyclic) bond motifs is 1. The first-order chi connectivity index (χ1) is 13.5. The number of thiazole rings is 1. The van der Waals surface area contributed by atoms with Crippen LogP contribution in [-0.4, -0.2) is 25.6 Å². The number of aromatic nitrogens is 3. The van der Waals surface area contributed by atoms with Gasteiger partial charge >= 0.3 is 5.97 Å². The van der Waals surface area contributed by atoms with Gasteiger partial charge in [-0.25, -0.2) is 14.2 Å².